The van der Waals surface area contributed by atoms with Gasteiger partial charge in [0.15, 0.2) is 35.7 Å². The van der Waals surface area contributed by atoms with Gasteiger partial charge in [-0.1, -0.05) is 0 Å². The fraction of sp³-hybridized carbons (Fsp3) is 0.560. The zero-order valence-electron chi connectivity index (χ0n) is 25.6. The van der Waals surface area contributed by atoms with Gasteiger partial charge in [-0.15, -0.1) is 0 Å². The van der Waals surface area contributed by atoms with E-state index in [1.54, 1.807) is 6.07 Å². The molecule has 264 valence electrons. The molecule has 4 aromatic heterocycles. The van der Waals surface area contributed by atoms with Crippen LogP contribution in [0.1, 0.15) is 23.8 Å². The third-order valence-corrected chi connectivity index (χ3v) is 11.4. The van der Waals surface area contributed by atoms with Gasteiger partial charge in [0.25, 0.3) is 7.47 Å². The first-order chi connectivity index (χ1) is 24.1. The second-order valence-corrected chi connectivity index (χ2v) is 16.3. The second-order valence-electron chi connectivity index (χ2n) is 11.9. The number of nitrogens with zero attached hydrogens (tertiary/aromatic N) is 7. The van der Waals surface area contributed by atoms with Gasteiger partial charge in [-0.2, -0.15) is 10.2 Å². The first-order valence-electron chi connectivity index (χ1n) is 15.3. The molecule has 3 saturated heterocycles. The Morgan fingerprint density at radius 1 is 1.00 bits per heavy atom. The number of nitrogens with one attached hydrogen (secondary N) is 2. The van der Waals surface area contributed by atoms with Crippen LogP contribution in [0.3, 0.4) is 0 Å². The molecule has 0 bridgehead atoms. The Morgan fingerprint density at radius 2 is 1.76 bits per heavy atom. The Balaban J connectivity index is 1.00. The maximum absolute atomic E-state index is 16.4. The smallest absolute Gasteiger partial charge is 0.325 e. The highest BCUT2D eigenvalue weighted by Crippen LogP contribution is 2.54. The first kappa shape index (κ1) is 33.1. The van der Waals surface area contributed by atoms with Gasteiger partial charge in [-0.05, 0) is 17.9 Å². The van der Waals surface area contributed by atoms with Crippen molar-refractivity contribution in [1.29, 1.82) is 0 Å². The van der Waals surface area contributed by atoms with Gasteiger partial charge in [-0.3, -0.25) is 13.9 Å². The molecule has 5 aliphatic rings. The van der Waals surface area contributed by atoms with Crippen LogP contribution in [0.4, 0.5) is 15.9 Å². The topological polar surface area (TPSA) is 230 Å². The lowest BCUT2D eigenvalue weighted by molar-refractivity contribution is -0.0613. The minimum atomic E-state index is -4.56. The predicted octanol–water partition coefficient (Wildman–Crippen LogP) is 0.875. The van der Waals surface area contributed by atoms with Crippen molar-refractivity contribution in [3.63, 3.8) is 0 Å². The number of anilines is 2. The van der Waals surface area contributed by atoms with Crippen LogP contribution in [-0.2, 0) is 66.5 Å². The molecule has 4 unspecified atom stereocenters. The van der Waals surface area contributed by atoms with Crippen LogP contribution in [0.25, 0.3) is 22.1 Å². The van der Waals surface area contributed by atoms with E-state index in [0.29, 0.717) is 51.4 Å². The highest BCUT2D eigenvalue weighted by Gasteiger charge is 2.54. The Labute approximate surface area is 286 Å². The molecular formula is C25H27BFN9O11P2S. The molecule has 20 nitrogen and oxygen atoms in total. The summed E-state index contributed by atoms with van der Waals surface area (Å²) >= 11 is 5.30. The van der Waals surface area contributed by atoms with Gasteiger partial charge < -0.3 is 43.1 Å². The van der Waals surface area contributed by atoms with Gasteiger partial charge in [0.05, 0.1) is 54.3 Å². The molecule has 5 aliphatic heterocycles. The van der Waals surface area contributed by atoms with E-state index < -0.39 is 76.6 Å². The SMILES string of the molecule is [B]P1(=O)OC[C@H]2O[C@@H](n3nc4c5c(ncnc53)NOCC4)C(O)[C@H]2OP(O)(=S)OC[C@H]2O[C@@H](n3nc4c5c(ccnc53)NCOC4)[C@@H](F)C2O1. The molecule has 2 radical (unpaired) electrons. The van der Waals surface area contributed by atoms with E-state index in [1.807, 2.05) is 0 Å². The largest absolute Gasteiger partial charge is 0.385 e. The van der Waals surface area contributed by atoms with E-state index in [0.717, 1.165) is 0 Å². The Hall–Kier alpha value is -2.76. The summed E-state index contributed by atoms with van der Waals surface area (Å²) in [5, 5.41) is 24.9. The fourth-order valence-corrected chi connectivity index (χ4v) is 9.10. The summed E-state index contributed by atoms with van der Waals surface area (Å²) in [7, 11) is 1.42. The number of aliphatic hydroxyl groups is 1. The zero-order valence-corrected chi connectivity index (χ0v) is 28.2. The van der Waals surface area contributed by atoms with Crippen molar-refractivity contribution in [2.45, 2.75) is 62.2 Å². The molecular weight excluding hydrogens is 726 g/mol. The summed E-state index contributed by atoms with van der Waals surface area (Å²) in [6.45, 7) is -4.76. The van der Waals surface area contributed by atoms with Crippen LogP contribution in [-0.4, -0.2) is 115 Å². The zero-order chi connectivity index (χ0) is 34.4. The lowest BCUT2D eigenvalue weighted by Gasteiger charge is -2.30. The van der Waals surface area contributed by atoms with E-state index in [4.69, 9.17) is 56.5 Å². The van der Waals surface area contributed by atoms with Gasteiger partial charge in [-0.25, -0.2) is 34.2 Å². The van der Waals surface area contributed by atoms with Crippen LogP contribution in [0.15, 0.2) is 18.6 Å². The van der Waals surface area contributed by atoms with Gasteiger partial charge in [0, 0.05) is 12.6 Å². The number of hydrogen-bond acceptors (Lipinski definition) is 18. The Morgan fingerprint density at radius 3 is 2.64 bits per heavy atom. The number of alkyl halides is 1. The Kier molecular flexibility index (Phi) is 8.23. The molecule has 0 amide bonds. The minimum Gasteiger partial charge on any atom is -0.385 e. The predicted molar refractivity (Wildman–Crippen MR) is 170 cm³/mol. The van der Waals surface area contributed by atoms with Crippen LogP contribution < -0.4 is 10.8 Å². The van der Waals surface area contributed by atoms with Gasteiger partial charge in [0.2, 0.25) is 7.57 Å². The van der Waals surface area contributed by atoms with Crippen LogP contribution in [0.5, 0.6) is 0 Å². The standard InChI is InChI=1S/C25H27BFN9O11P2S/c26-48(38)42-6-14-20(18(37)25(45-14)36-23-16-11(32-36)2-4-41-34-21(16)29-8-30-23)47-49(39,50)43-7-13-19(46-48)17(27)24(44-13)35-22-15-10(1-3-28-22)31-9-40-5-12(15)33-35/h1,3,8,13-14,17-20,24-25,31,37H,2,4-7,9H2,(H,39,50)(H,29,30,34)/t13-,14-,17+,18?,19?,20+,24-,25-,48?,49?/m1/s1. The summed E-state index contributed by atoms with van der Waals surface area (Å²) < 4.78 is 72.6. The molecule has 0 aromatic carbocycles. The molecule has 25 heteroatoms. The maximum Gasteiger partial charge on any atom is 0.325 e. The number of fused-ring (bicyclic) bond motifs is 2. The molecule has 4 N–H and O–H groups in total. The van der Waals surface area contributed by atoms with Crippen molar-refractivity contribution in [3.05, 3.63) is 30.0 Å². The van der Waals surface area contributed by atoms with Crippen molar-refractivity contribution < 1.29 is 56.1 Å². The average Bonchev–Trinajstić information content (AvgIpc) is 3.71. The van der Waals surface area contributed by atoms with Crippen molar-refractivity contribution in [2.75, 3.05) is 37.3 Å². The third kappa shape index (κ3) is 5.65. The van der Waals surface area contributed by atoms with E-state index in [9.17, 15) is 14.6 Å². The van der Waals surface area contributed by atoms with E-state index >= 15 is 4.39 Å². The van der Waals surface area contributed by atoms with E-state index in [-0.39, 0.29) is 19.9 Å². The highest BCUT2D eigenvalue weighted by molar-refractivity contribution is 8.07. The molecule has 4 aromatic rings. The van der Waals surface area contributed by atoms with Crippen LogP contribution in [0.2, 0.25) is 0 Å². The summed E-state index contributed by atoms with van der Waals surface area (Å²) in [5.41, 5.74) is 5.08. The van der Waals surface area contributed by atoms with Gasteiger partial charge >= 0.3 is 6.72 Å². The quantitative estimate of drug-likeness (QED) is 0.164. The van der Waals surface area contributed by atoms with Crippen LogP contribution >= 0.6 is 14.2 Å². The van der Waals surface area contributed by atoms with Crippen molar-refractivity contribution in [2.24, 2.45) is 0 Å². The third-order valence-electron chi connectivity index (χ3n) is 8.84. The molecule has 3 fully saturated rings. The van der Waals surface area contributed by atoms with Crippen molar-refractivity contribution >= 4 is 67.1 Å². The number of halogens is 1. The number of rotatable bonds is 2. The summed E-state index contributed by atoms with van der Waals surface area (Å²) in [6, 6.07) is 1.74. The number of pyridine rings is 1. The van der Waals surface area contributed by atoms with E-state index in [1.165, 1.54) is 21.9 Å². The molecule has 9 heterocycles. The summed E-state index contributed by atoms with van der Waals surface area (Å²) in [6.07, 6.45) is -8.73. The molecule has 0 spiro atoms. The molecule has 9 rings (SSSR count). The van der Waals surface area contributed by atoms with E-state index in [2.05, 4.69) is 35.9 Å². The lowest BCUT2D eigenvalue weighted by Crippen LogP contribution is -2.38. The maximum atomic E-state index is 16.4. The average molecular weight is 753 g/mol. The monoisotopic (exact) mass is 753 g/mol. The van der Waals surface area contributed by atoms with Gasteiger partial charge in [0.1, 0.15) is 43.6 Å². The van der Waals surface area contributed by atoms with Crippen molar-refractivity contribution in [1.82, 2.24) is 34.5 Å². The molecule has 0 aliphatic carbocycles. The molecule has 10 atom stereocenters. The number of hydrogen-bond donors (Lipinski definition) is 4. The lowest BCUT2D eigenvalue weighted by atomic mass is 10.1. The number of aromatic nitrogens is 7. The minimum absolute atomic E-state index is 0.123. The first-order valence-corrected chi connectivity index (χ1v) is 19.5. The fourth-order valence-electron chi connectivity index (χ4n) is 6.65. The van der Waals surface area contributed by atoms with Crippen LogP contribution in [0, 0.1) is 0 Å². The number of ether oxygens (including phenoxy) is 3. The highest BCUT2D eigenvalue weighted by atomic mass is 32.5. The Bertz CT molecular complexity index is 1940. The summed E-state index contributed by atoms with van der Waals surface area (Å²) in [5.74, 6) is 0.372. The number of aliphatic hydroxyl groups excluding tert-OH is 1. The second kappa shape index (κ2) is 12.4. The normalized spacial score (nSPS) is 37.5. The molecule has 0 saturated carbocycles. The van der Waals surface area contributed by atoms with Crippen molar-refractivity contribution in [3.8, 4) is 0 Å². The summed E-state index contributed by atoms with van der Waals surface area (Å²) in [4.78, 5) is 29.4. The molecule has 50 heavy (non-hydrogen) atoms.